The van der Waals surface area contributed by atoms with Crippen LogP contribution in [0.1, 0.15) is 42.0 Å². The molecule has 1 nitrogen and oxygen atoms in total. The van der Waals surface area contributed by atoms with Crippen LogP contribution in [0.3, 0.4) is 0 Å². The lowest BCUT2D eigenvalue weighted by molar-refractivity contribution is 0.436. The molecule has 0 fully saturated rings. The summed E-state index contributed by atoms with van der Waals surface area (Å²) in [6, 6.07) is 15.4. The fourth-order valence-corrected chi connectivity index (χ4v) is 3.61. The van der Waals surface area contributed by atoms with E-state index in [1.54, 1.807) is 0 Å². The summed E-state index contributed by atoms with van der Waals surface area (Å²) < 4.78 is 0.956. The lowest BCUT2D eigenvalue weighted by Gasteiger charge is -2.33. The van der Waals surface area contributed by atoms with Gasteiger partial charge in [0, 0.05) is 10.5 Å². The van der Waals surface area contributed by atoms with E-state index in [0.29, 0.717) is 12.0 Å². The van der Waals surface area contributed by atoms with E-state index in [1.807, 2.05) is 6.07 Å². The third kappa shape index (κ3) is 3.18. The van der Waals surface area contributed by atoms with Crippen LogP contribution in [0.15, 0.2) is 46.9 Å². The molecule has 2 aromatic rings. The second kappa shape index (κ2) is 6.51. The van der Waals surface area contributed by atoms with Crippen LogP contribution >= 0.6 is 27.5 Å². The molecule has 21 heavy (non-hydrogen) atoms. The van der Waals surface area contributed by atoms with Crippen molar-refractivity contribution in [2.24, 2.45) is 0 Å². The molecule has 1 aliphatic carbocycles. The lowest BCUT2D eigenvalue weighted by atomic mass is 9.74. The van der Waals surface area contributed by atoms with E-state index >= 15 is 0 Å². The van der Waals surface area contributed by atoms with Gasteiger partial charge in [0.15, 0.2) is 0 Å². The van der Waals surface area contributed by atoms with E-state index < -0.39 is 0 Å². The first-order valence-corrected chi connectivity index (χ1v) is 8.62. The minimum atomic E-state index is 0.360. The molecule has 2 aromatic carbocycles. The zero-order chi connectivity index (χ0) is 14.8. The highest BCUT2D eigenvalue weighted by Crippen LogP contribution is 2.41. The fraction of sp³-hybridized carbons (Fsp3) is 0.333. The highest BCUT2D eigenvalue weighted by molar-refractivity contribution is 9.10. The molecule has 0 saturated carbocycles. The van der Waals surface area contributed by atoms with Crippen molar-refractivity contribution in [1.29, 1.82) is 0 Å². The molecular formula is C18H19BrClN. The van der Waals surface area contributed by atoms with Gasteiger partial charge in [0.2, 0.25) is 0 Å². The Kier molecular flexibility index (Phi) is 4.68. The first-order chi connectivity index (χ1) is 10.2. The summed E-state index contributed by atoms with van der Waals surface area (Å²) in [4.78, 5) is 0. The van der Waals surface area contributed by atoms with Gasteiger partial charge in [-0.3, -0.25) is 0 Å². The molecule has 0 bridgehead atoms. The number of benzene rings is 2. The quantitative estimate of drug-likeness (QED) is 0.740. The molecular weight excluding hydrogens is 346 g/mol. The van der Waals surface area contributed by atoms with E-state index in [2.05, 4.69) is 64.6 Å². The standard InChI is InChI=1S/C18H19BrClN/c1-2-21-18(13-7-8-16(19)17(20)10-13)11-14-9-12-5-3-4-6-15(12)14/h3-8,10,14,18,21H,2,9,11H2,1H3. The summed E-state index contributed by atoms with van der Waals surface area (Å²) >= 11 is 9.71. The van der Waals surface area contributed by atoms with Crippen molar-refractivity contribution in [3.8, 4) is 0 Å². The van der Waals surface area contributed by atoms with Crippen LogP contribution in [0, 0.1) is 0 Å². The van der Waals surface area contributed by atoms with Crippen LogP contribution < -0.4 is 5.32 Å². The Morgan fingerprint density at radius 2 is 2.10 bits per heavy atom. The van der Waals surface area contributed by atoms with Crippen molar-refractivity contribution in [2.75, 3.05) is 6.54 Å². The molecule has 2 atom stereocenters. The van der Waals surface area contributed by atoms with Crippen molar-refractivity contribution in [1.82, 2.24) is 5.32 Å². The number of nitrogens with one attached hydrogen (secondary N) is 1. The van der Waals surface area contributed by atoms with Crippen molar-refractivity contribution in [3.63, 3.8) is 0 Å². The highest BCUT2D eigenvalue weighted by atomic mass is 79.9. The van der Waals surface area contributed by atoms with E-state index in [9.17, 15) is 0 Å². The largest absolute Gasteiger partial charge is 0.310 e. The van der Waals surface area contributed by atoms with Crippen LogP contribution in [-0.4, -0.2) is 6.54 Å². The van der Waals surface area contributed by atoms with E-state index in [-0.39, 0.29) is 0 Å². The average Bonchev–Trinajstić information content (AvgIpc) is 2.46. The zero-order valence-corrected chi connectivity index (χ0v) is 14.4. The number of hydrogen-bond acceptors (Lipinski definition) is 1. The third-order valence-electron chi connectivity index (χ3n) is 4.28. The van der Waals surface area contributed by atoms with Gasteiger partial charge < -0.3 is 5.32 Å². The Morgan fingerprint density at radius 1 is 1.29 bits per heavy atom. The van der Waals surface area contributed by atoms with Crippen LogP contribution in [-0.2, 0) is 6.42 Å². The summed E-state index contributed by atoms with van der Waals surface area (Å²) in [5.74, 6) is 0.660. The van der Waals surface area contributed by atoms with Gasteiger partial charge in [0.1, 0.15) is 0 Å². The average molecular weight is 365 g/mol. The van der Waals surface area contributed by atoms with Crippen LogP contribution in [0.5, 0.6) is 0 Å². The molecule has 0 saturated heterocycles. The number of hydrogen-bond donors (Lipinski definition) is 1. The third-order valence-corrected chi connectivity index (χ3v) is 5.51. The van der Waals surface area contributed by atoms with Crippen LogP contribution in [0.2, 0.25) is 5.02 Å². The van der Waals surface area contributed by atoms with Crippen LogP contribution in [0.25, 0.3) is 0 Å². The van der Waals surface area contributed by atoms with Crippen molar-refractivity contribution < 1.29 is 0 Å². The first-order valence-electron chi connectivity index (χ1n) is 7.45. The second-order valence-electron chi connectivity index (χ2n) is 5.62. The zero-order valence-electron chi connectivity index (χ0n) is 12.1. The molecule has 2 unspecified atom stereocenters. The molecule has 0 spiro atoms. The molecule has 0 aromatic heterocycles. The SMILES string of the molecule is CCNC(CC1Cc2ccccc21)c1ccc(Br)c(Cl)c1. The summed E-state index contributed by atoms with van der Waals surface area (Å²) in [5.41, 5.74) is 4.30. The maximum atomic E-state index is 6.25. The van der Waals surface area contributed by atoms with Gasteiger partial charge in [0.25, 0.3) is 0 Å². The predicted octanol–water partition coefficient (Wildman–Crippen LogP) is 5.48. The molecule has 0 amide bonds. The minimum absolute atomic E-state index is 0.360. The van der Waals surface area contributed by atoms with Crippen LogP contribution in [0.4, 0.5) is 0 Å². The fourth-order valence-electron chi connectivity index (χ4n) is 3.17. The molecule has 0 aliphatic heterocycles. The number of rotatable bonds is 5. The monoisotopic (exact) mass is 363 g/mol. The van der Waals surface area contributed by atoms with Gasteiger partial charge in [-0.2, -0.15) is 0 Å². The second-order valence-corrected chi connectivity index (χ2v) is 6.88. The Labute approximate surface area is 139 Å². The van der Waals surface area contributed by atoms with E-state index in [4.69, 9.17) is 11.6 Å². The normalized spacial score (nSPS) is 18.0. The van der Waals surface area contributed by atoms with Gasteiger partial charge in [-0.15, -0.1) is 0 Å². The summed E-state index contributed by atoms with van der Waals surface area (Å²) in [5, 5.41) is 4.38. The number of halogens is 2. The Morgan fingerprint density at radius 3 is 2.81 bits per heavy atom. The van der Waals surface area contributed by atoms with Crippen molar-refractivity contribution in [3.05, 3.63) is 68.7 Å². The molecule has 1 N–H and O–H groups in total. The summed E-state index contributed by atoms with van der Waals surface area (Å²) in [7, 11) is 0. The van der Waals surface area contributed by atoms with Gasteiger partial charge in [0.05, 0.1) is 5.02 Å². The number of fused-ring (bicyclic) bond motifs is 1. The highest BCUT2D eigenvalue weighted by Gasteiger charge is 2.28. The molecule has 0 radical (unpaired) electrons. The summed E-state index contributed by atoms with van der Waals surface area (Å²) in [6.07, 6.45) is 2.32. The predicted molar refractivity (Wildman–Crippen MR) is 93.1 cm³/mol. The van der Waals surface area contributed by atoms with Crippen molar-refractivity contribution in [2.45, 2.75) is 31.7 Å². The van der Waals surface area contributed by atoms with E-state index in [1.165, 1.54) is 23.1 Å². The van der Waals surface area contributed by atoms with Gasteiger partial charge in [-0.05, 0) is 70.1 Å². The Bertz CT molecular complexity index is 641. The molecule has 3 rings (SSSR count). The lowest BCUT2D eigenvalue weighted by Crippen LogP contribution is -2.27. The molecule has 1 aliphatic rings. The van der Waals surface area contributed by atoms with Crippen molar-refractivity contribution >= 4 is 27.5 Å². The summed E-state index contributed by atoms with van der Waals surface area (Å²) in [6.45, 7) is 3.12. The molecule has 3 heteroatoms. The Balaban J connectivity index is 1.78. The molecule has 110 valence electrons. The maximum Gasteiger partial charge on any atom is 0.0551 e. The maximum absolute atomic E-state index is 6.25. The minimum Gasteiger partial charge on any atom is -0.310 e. The van der Waals surface area contributed by atoms with Gasteiger partial charge >= 0.3 is 0 Å². The van der Waals surface area contributed by atoms with Gasteiger partial charge in [-0.1, -0.05) is 48.9 Å². The Hall–Kier alpha value is -0.830. The smallest absolute Gasteiger partial charge is 0.0551 e. The molecule has 0 heterocycles. The van der Waals surface area contributed by atoms with Gasteiger partial charge in [-0.25, -0.2) is 0 Å². The first kappa shape index (κ1) is 15.1. The topological polar surface area (TPSA) is 12.0 Å². The van der Waals surface area contributed by atoms with E-state index in [0.717, 1.165) is 22.5 Å².